The van der Waals surface area contributed by atoms with Crippen molar-refractivity contribution >= 4 is 23.7 Å². The van der Waals surface area contributed by atoms with E-state index in [4.69, 9.17) is 0 Å². The van der Waals surface area contributed by atoms with Crippen LogP contribution in [0.3, 0.4) is 0 Å². The van der Waals surface area contributed by atoms with Crippen LogP contribution in [0.25, 0.3) is 6.08 Å². The van der Waals surface area contributed by atoms with Gasteiger partial charge in [-0.2, -0.15) is 0 Å². The molecule has 0 unspecified atom stereocenters. The van der Waals surface area contributed by atoms with Crippen LogP contribution in [-0.2, 0) is 0 Å². The molecule has 3 aliphatic heterocycles. The maximum Gasteiger partial charge on any atom is 0.0659 e. The number of rotatable bonds is 3. The average Bonchev–Trinajstić information content (AvgIpc) is 3.31. The molecule has 1 aromatic heterocycles. The minimum Gasteiger partial charge on any atom is -0.362 e. The van der Waals surface area contributed by atoms with E-state index in [1.165, 1.54) is 0 Å². The second-order valence-corrected chi connectivity index (χ2v) is 5.21. The van der Waals surface area contributed by atoms with Gasteiger partial charge in [-0.1, -0.05) is 0 Å². The molecule has 0 saturated carbocycles. The zero-order chi connectivity index (χ0) is 15.5. The summed E-state index contributed by atoms with van der Waals surface area (Å²) in [6.45, 7) is 0. The highest BCUT2D eigenvalue weighted by Gasteiger charge is 2.07. The van der Waals surface area contributed by atoms with E-state index in [0.29, 0.717) is 0 Å². The van der Waals surface area contributed by atoms with Crippen LogP contribution in [0.5, 0.6) is 0 Å². The third-order valence-electron chi connectivity index (χ3n) is 3.46. The molecule has 23 heavy (non-hydrogen) atoms. The van der Waals surface area contributed by atoms with Gasteiger partial charge >= 0.3 is 0 Å². The molecule has 0 amide bonds. The van der Waals surface area contributed by atoms with Crippen molar-refractivity contribution in [1.82, 2.24) is 4.98 Å². The molecule has 1 N–H and O–H groups in total. The Kier molecular flexibility index (Phi) is 3.41. The Labute approximate surface area is 134 Å². The molecule has 0 radical (unpaired) electrons. The Morgan fingerprint density at radius 3 is 2.17 bits per heavy atom. The highest BCUT2D eigenvalue weighted by Crippen LogP contribution is 2.17. The molecule has 0 spiro atoms. The molecule has 4 rings (SSSR count). The maximum absolute atomic E-state index is 4.57. The fourth-order valence-corrected chi connectivity index (χ4v) is 2.41. The Morgan fingerprint density at radius 2 is 1.52 bits per heavy atom. The molecule has 3 aliphatic rings. The van der Waals surface area contributed by atoms with E-state index < -0.39 is 0 Å². The molecular formula is C19H14N4. The normalized spacial score (nSPS) is 23.7. The molecule has 1 aromatic rings. The number of aromatic nitrogens is 1. The van der Waals surface area contributed by atoms with Gasteiger partial charge in [0.1, 0.15) is 0 Å². The smallest absolute Gasteiger partial charge is 0.0659 e. The van der Waals surface area contributed by atoms with Crippen molar-refractivity contribution in [1.29, 1.82) is 0 Å². The minimum absolute atomic E-state index is 0.896. The standard InChI is InChI=1S/C19H14N4/c1-3-14(20-9-1)11-16-5-7-18(22-16)13-19-8-6-17(23-19)12-15-4-2-10-21-15/h1-13,20H/b15-12+,16-11?,19-13?. The number of hydrogen-bond acceptors (Lipinski definition) is 3. The van der Waals surface area contributed by atoms with Crippen molar-refractivity contribution in [2.24, 2.45) is 15.0 Å². The van der Waals surface area contributed by atoms with Crippen LogP contribution in [0.4, 0.5) is 0 Å². The molecule has 0 atom stereocenters. The minimum atomic E-state index is 0.896. The highest BCUT2D eigenvalue weighted by atomic mass is 14.8. The Bertz CT molecular complexity index is 881. The summed E-state index contributed by atoms with van der Waals surface area (Å²) in [7, 11) is 0. The van der Waals surface area contributed by atoms with Gasteiger partial charge in [0.25, 0.3) is 0 Å². The summed E-state index contributed by atoms with van der Waals surface area (Å²) in [5, 5.41) is 0. The van der Waals surface area contributed by atoms with Crippen LogP contribution >= 0.6 is 0 Å². The lowest BCUT2D eigenvalue weighted by atomic mass is 10.2. The van der Waals surface area contributed by atoms with E-state index in [2.05, 4.69) is 20.0 Å². The fraction of sp³-hybridized carbons (Fsp3) is 0. The van der Waals surface area contributed by atoms with Gasteiger partial charge < -0.3 is 4.98 Å². The first-order valence-corrected chi connectivity index (χ1v) is 7.38. The topological polar surface area (TPSA) is 52.9 Å². The van der Waals surface area contributed by atoms with Gasteiger partial charge in [-0.3, -0.25) is 4.99 Å². The first-order chi connectivity index (χ1) is 11.3. The van der Waals surface area contributed by atoms with Crippen LogP contribution in [0.2, 0.25) is 0 Å². The third kappa shape index (κ3) is 3.16. The van der Waals surface area contributed by atoms with Gasteiger partial charge in [-0.15, -0.1) is 0 Å². The lowest BCUT2D eigenvalue weighted by Crippen LogP contribution is -1.86. The van der Waals surface area contributed by atoms with E-state index in [1.54, 1.807) is 6.21 Å². The van der Waals surface area contributed by atoms with E-state index in [-0.39, 0.29) is 0 Å². The number of aliphatic imine (C=N–C) groups is 3. The second kappa shape index (κ2) is 5.85. The fourth-order valence-electron chi connectivity index (χ4n) is 2.41. The van der Waals surface area contributed by atoms with Gasteiger partial charge in [0.2, 0.25) is 0 Å². The van der Waals surface area contributed by atoms with E-state index in [0.717, 1.165) is 34.2 Å². The zero-order valence-corrected chi connectivity index (χ0v) is 12.3. The van der Waals surface area contributed by atoms with Crippen LogP contribution < -0.4 is 0 Å². The predicted octanol–water partition coefficient (Wildman–Crippen LogP) is 3.79. The molecule has 0 bridgehead atoms. The van der Waals surface area contributed by atoms with Gasteiger partial charge in [0, 0.05) is 18.1 Å². The number of nitrogens with zero attached hydrogens (tertiary/aromatic N) is 3. The molecule has 4 heteroatoms. The predicted molar refractivity (Wildman–Crippen MR) is 95.7 cm³/mol. The van der Waals surface area contributed by atoms with Gasteiger partial charge in [0.15, 0.2) is 0 Å². The van der Waals surface area contributed by atoms with Crippen molar-refractivity contribution in [2.75, 3.05) is 0 Å². The average molecular weight is 298 g/mol. The summed E-state index contributed by atoms with van der Waals surface area (Å²) >= 11 is 0. The zero-order valence-electron chi connectivity index (χ0n) is 12.3. The highest BCUT2D eigenvalue weighted by molar-refractivity contribution is 6.11. The maximum atomic E-state index is 4.57. The summed E-state index contributed by atoms with van der Waals surface area (Å²) in [4.78, 5) is 16.5. The van der Waals surface area contributed by atoms with E-state index in [1.807, 2.05) is 73.0 Å². The number of H-pyrrole nitrogens is 1. The lowest BCUT2D eigenvalue weighted by molar-refractivity contribution is 1.36. The molecule has 0 aromatic carbocycles. The first kappa shape index (κ1) is 13.4. The summed E-state index contributed by atoms with van der Waals surface area (Å²) in [6, 6.07) is 3.98. The van der Waals surface area contributed by atoms with Gasteiger partial charge in [-0.25, -0.2) is 9.98 Å². The SMILES string of the molecule is C1=C/C(=C\C2=NC(=CC3=NC(=Cc4ccc[nH]4)C=C3)C=C2)N=C1. The van der Waals surface area contributed by atoms with Crippen molar-refractivity contribution in [3.8, 4) is 0 Å². The molecule has 110 valence electrons. The molecule has 0 saturated heterocycles. The van der Waals surface area contributed by atoms with Gasteiger partial charge in [-0.05, 0) is 66.8 Å². The van der Waals surface area contributed by atoms with E-state index in [9.17, 15) is 0 Å². The third-order valence-corrected chi connectivity index (χ3v) is 3.46. The van der Waals surface area contributed by atoms with Gasteiger partial charge in [0.05, 0.1) is 28.5 Å². The van der Waals surface area contributed by atoms with E-state index >= 15 is 0 Å². The molecular weight excluding hydrogens is 284 g/mol. The Hall–Kier alpha value is -3.27. The molecule has 4 heterocycles. The summed E-state index contributed by atoms with van der Waals surface area (Å²) in [5.41, 5.74) is 5.59. The Morgan fingerprint density at radius 1 is 0.783 bits per heavy atom. The number of nitrogens with one attached hydrogen (secondary N) is 1. The van der Waals surface area contributed by atoms with Crippen LogP contribution in [0.15, 0.2) is 99.0 Å². The summed E-state index contributed by atoms with van der Waals surface area (Å²) in [6.07, 6.45) is 21.4. The Balaban J connectivity index is 1.51. The van der Waals surface area contributed by atoms with Crippen molar-refractivity contribution in [2.45, 2.75) is 0 Å². The molecule has 0 fully saturated rings. The monoisotopic (exact) mass is 298 g/mol. The van der Waals surface area contributed by atoms with Crippen molar-refractivity contribution < 1.29 is 0 Å². The number of aromatic amines is 1. The quantitative estimate of drug-likeness (QED) is 0.883. The second-order valence-electron chi connectivity index (χ2n) is 5.21. The summed E-state index contributed by atoms with van der Waals surface area (Å²) < 4.78 is 0. The van der Waals surface area contributed by atoms with Crippen LogP contribution in [0.1, 0.15) is 5.69 Å². The number of allylic oxidation sites excluding steroid dienone is 8. The lowest BCUT2D eigenvalue weighted by Gasteiger charge is -1.92. The largest absolute Gasteiger partial charge is 0.362 e. The first-order valence-electron chi connectivity index (χ1n) is 7.38. The van der Waals surface area contributed by atoms with Crippen molar-refractivity contribution in [3.63, 3.8) is 0 Å². The molecule has 4 nitrogen and oxygen atoms in total. The number of hydrogen-bond donors (Lipinski definition) is 1. The van der Waals surface area contributed by atoms with Crippen LogP contribution in [-0.4, -0.2) is 22.6 Å². The van der Waals surface area contributed by atoms with Crippen molar-refractivity contribution in [3.05, 3.63) is 89.7 Å². The van der Waals surface area contributed by atoms with Crippen LogP contribution in [0, 0.1) is 0 Å². The molecule has 0 aliphatic carbocycles. The summed E-state index contributed by atoms with van der Waals surface area (Å²) in [5.74, 6) is 0.